The van der Waals surface area contributed by atoms with E-state index in [9.17, 15) is 13.6 Å². The van der Waals surface area contributed by atoms with Crippen molar-refractivity contribution in [1.82, 2.24) is 14.8 Å². The molecule has 3 aromatic carbocycles. The molecule has 4 aromatic rings. The first kappa shape index (κ1) is 29.5. The van der Waals surface area contributed by atoms with Crippen LogP contribution in [0.2, 0.25) is 0 Å². The molecular formula is C32H34F2N4O3S. The fourth-order valence-corrected chi connectivity index (χ4v) is 5.89. The molecule has 0 saturated carbocycles. The van der Waals surface area contributed by atoms with Gasteiger partial charge in [-0.15, -0.1) is 11.3 Å². The zero-order chi connectivity index (χ0) is 29.5. The first-order chi connectivity index (χ1) is 20.4. The third-order valence-corrected chi connectivity index (χ3v) is 8.21. The Hall–Kier alpha value is -4.02. The maximum absolute atomic E-state index is 14.2. The second-order valence-electron chi connectivity index (χ2n) is 10.1. The third-order valence-electron chi connectivity index (χ3n) is 7.37. The van der Waals surface area contributed by atoms with E-state index in [-0.39, 0.29) is 17.5 Å². The number of nitrogens with zero attached hydrogens (tertiary/aromatic N) is 4. The van der Waals surface area contributed by atoms with E-state index in [4.69, 9.17) is 14.5 Å². The standard InChI is InChI=1S/C32H34F2N4O3S/c1-40-29-12-9-23(19-30(29)41-2)13-14-36(20-24-7-10-25(33)11-8-24)21-31-35-27(22-42-31)32(39)38-17-15-37(16-18-38)28-6-4-3-5-26(28)34/h3-12,19,22H,13-18,20-21H2,1-2H3. The molecule has 7 nitrogen and oxygen atoms in total. The normalized spacial score (nSPS) is 13.5. The van der Waals surface area contributed by atoms with E-state index in [0.29, 0.717) is 68.7 Å². The minimum atomic E-state index is -0.270. The van der Waals surface area contributed by atoms with Crippen molar-refractivity contribution >= 4 is 22.9 Å². The van der Waals surface area contributed by atoms with Crippen LogP contribution in [-0.4, -0.2) is 67.6 Å². The highest BCUT2D eigenvalue weighted by Crippen LogP contribution is 2.28. The number of hydrogen-bond acceptors (Lipinski definition) is 7. The van der Waals surface area contributed by atoms with Crippen molar-refractivity contribution in [3.8, 4) is 11.5 Å². The largest absolute Gasteiger partial charge is 0.493 e. The Labute approximate surface area is 248 Å². The van der Waals surface area contributed by atoms with Gasteiger partial charge in [0.15, 0.2) is 11.5 Å². The Kier molecular flexibility index (Phi) is 9.66. The van der Waals surface area contributed by atoms with Gasteiger partial charge in [0.2, 0.25) is 0 Å². The van der Waals surface area contributed by atoms with Crippen molar-refractivity contribution in [2.75, 3.05) is 51.8 Å². The number of ether oxygens (including phenoxy) is 2. The van der Waals surface area contributed by atoms with Crippen LogP contribution in [0.15, 0.2) is 72.1 Å². The van der Waals surface area contributed by atoms with Gasteiger partial charge in [0.25, 0.3) is 5.91 Å². The van der Waals surface area contributed by atoms with Crippen LogP contribution in [-0.2, 0) is 19.5 Å². The Bertz CT molecular complexity index is 1490. The van der Waals surface area contributed by atoms with Crippen LogP contribution in [0.3, 0.4) is 0 Å². The van der Waals surface area contributed by atoms with Crippen LogP contribution in [0.1, 0.15) is 26.6 Å². The summed E-state index contributed by atoms with van der Waals surface area (Å²) in [5.41, 5.74) is 3.08. The SMILES string of the molecule is COc1ccc(CCN(Cc2ccc(F)cc2)Cc2nc(C(=O)N3CCN(c4ccccc4F)CC3)cs2)cc1OC. The summed E-state index contributed by atoms with van der Waals surface area (Å²) in [5.74, 6) is 0.725. The third kappa shape index (κ3) is 7.24. The summed E-state index contributed by atoms with van der Waals surface area (Å²) < 4.78 is 38.6. The van der Waals surface area contributed by atoms with Gasteiger partial charge in [0.1, 0.15) is 22.3 Å². The summed E-state index contributed by atoms with van der Waals surface area (Å²) in [4.78, 5) is 23.9. The lowest BCUT2D eigenvalue weighted by Gasteiger charge is -2.35. The molecule has 0 N–H and O–H groups in total. The predicted molar refractivity (Wildman–Crippen MR) is 160 cm³/mol. The van der Waals surface area contributed by atoms with Crippen molar-refractivity contribution < 1.29 is 23.0 Å². The highest BCUT2D eigenvalue weighted by Gasteiger charge is 2.25. The number of carbonyl (C=O) groups excluding carboxylic acids is 1. The minimum absolute atomic E-state index is 0.110. The second kappa shape index (κ2) is 13.8. The zero-order valence-corrected chi connectivity index (χ0v) is 24.6. The second-order valence-corrected chi connectivity index (χ2v) is 11.1. The van der Waals surface area contributed by atoms with Gasteiger partial charge in [-0.2, -0.15) is 0 Å². The van der Waals surface area contributed by atoms with Gasteiger partial charge in [-0.25, -0.2) is 13.8 Å². The van der Waals surface area contributed by atoms with E-state index >= 15 is 0 Å². The molecule has 1 saturated heterocycles. The van der Waals surface area contributed by atoms with Gasteiger partial charge in [0.05, 0.1) is 26.5 Å². The molecule has 0 spiro atoms. The number of para-hydroxylation sites is 1. The molecule has 220 valence electrons. The van der Waals surface area contributed by atoms with Gasteiger partial charge in [-0.1, -0.05) is 30.3 Å². The lowest BCUT2D eigenvalue weighted by Crippen LogP contribution is -2.49. The summed E-state index contributed by atoms with van der Waals surface area (Å²) in [5, 5.41) is 2.64. The molecule has 1 amide bonds. The Morgan fingerprint density at radius 3 is 2.33 bits per heavy atom. The van der Waals surface area contributed by atoms with E-state index in [1.54, 1.807) is 43.4 Å². The van der Waals surface area contributed by atoms with Crippen LogP contribution in [0.25, 0.3) is 0 Å². The minimum Gasteiger partial charge on any atom is -0.493 e. The molecule has 2 heterocycles. The van der Waals surface area contributed by atoms with Crippen LogP contribution in [0, 0.1) is 11.6 Å². The highest BCUT2D eigenvalue weighted by atomic mass is 32.1. The van der Waals surface area contributed by atoms with Gasteiger partial charge in [-0.05, 0) is 53.9 Å². The number of amides is 1. The smallest absolute Gasteiger partial charge is 0.273 e. The maximum Gasteiger partial charge on any atom is 0.273 e. The van der Waals surface area contributed by atoms with Crippen LogP contribution in [0.4, 0.5) is 14.5 Å². The number of carbonyl (C=O) groups is 1. The van der Waals surface area contributed by atoms with E-state index in [2.05, 4.69) is 4.90 Å². The lowest BCUT2D eigenvalue weighted by atomic mass is 10.1. The molecule has 42 heavy (non-hydrogen) atoms. The number of rotatable bonds is 11. The van der Waals surface area contributed by atoms with Gasteiger partial charge >= 0.3 is 0 Å². The van der Waals surface area contributed by atoms with Gasteiger partial charge in [-0.3, -0.25) is 9.69 Å². The molecule has 1 aliphatic rings. The number of aromatic nitrogens is 1. The van der Waals surface area contributed by atoms with E-state index < -0.39 is 0 Å². The fraction of sp³-hybridized carbons (Fsp3) is 0.312. The van der Waals surface area contributed by atoms with Crippen LogP contribution < -0.4 is 14.4 Å². The quantitative estimate of drug-likeness (QED) is 0.225. The lowest BCUT2D eigenvalue weighted by molar-refractivity contribution is 0.0741. The molecule has 0 bridgehead atoms. The molecular weight excluding hydrogens is 558 g/mol. The summed E-state index contributed by atoms with van der Waals surface area (Å²) in [6.45, 7) is 3.99. The zero-order valence-electron chi connectivity index (χ0n) is 23.8. The van der Waals surface area contributed by atoms with Gasteiger partial charge < -0.3 is 19.3 Å². The van der Waals surface area contributed by atoms with Crippen molar-refractivity contribution in [2.45, 2.75) is 19.5 Å². The maximum atomic E-state index is 14.2. The van der Waals surface area contributed by atoms with Crippen molar-refractivity contribution in [3.05, 3.63) is 106 Å². The van der Waals surface area contributed by atoms with Crippen molar-refractivity contribution in [1.29, 1.82) is 0 Å². The molecule has 1 aromatic heterocycles. The van der Waals surface area contributed by atoms with Crippen LogP contribution >= 0.6 is 11.3 Å². The number of anilines is 1. The Balaban J connectivity index is 1.23. The molecule has 0 radical (unpaired) electrons. The van der Waals surface area contributed by atoms with E-state index in [0.717, 1.165) is 22.6 Å². The molecule has 1 fully saturated rings. The van der Waals surface area contributed by atoms with Crippen LogP contribution in [0.5, 0.6) is 11.5 Å². The number of piperazine rings is 1. The fourth-order valence-electron chi connectivity index (χ4n) is 5.08. The molecule has 10 heteroatoms. The topological polar surface area (TPSA) is 58.1 Å². The van der Waals surface area contributed by atoms with Gasteiger partial charge in [0, 0.05) is 44.6 Å². The summed E-state index contributed by atoms with van der Waals surface area (Å²) >= 11 is 1.46. The molecule has 5 rings (SSSR count). The summed E-state index contributed by atoms with van der Waals surface area (Å²) in [6.07, 6.45) is 0.755. The molecule has 0 aliphatic carbocycles. The first-order valence-corrected chi connectivity index (χ1v) is 14.7. The number of methoxy groups -OCH3 is 2. The van der Waals surface area contributed by atoms with Crippen molar-refractivity contribution in [3.63, 3.8) is 0 Å². The Morgan fingerprint density at radius 2 is 1.62 bits per heavy atom. The number of benzene rings is 3. The number of halogens is 2. The first-order valence-electron chi connectivity index (χ1n) is 13.8. The average Bonchev–Trinajstić information content (AvgIpc) is 3.49. The Morgan fingerprint density at radius 1 is 0.905 bits per heavy atom. The average molecular weight is 593 g/mol. The summed E-state index contributed by atoms with van der Waals surface area (Å²) in [7, 11) is 3.23. The van der Waals surface area contributed by atoms with Crippen molar-refractivity contribution in [2.24, 2.45) is 0 Å². The molecule has 1 aliphatic heterocycles. The van der Waals surface area contributed by atoms with E-state index in [1.165, 1.54) is 29.5 Å². The highest BCUT2D eigenvalue weighted by molar-refractivity contribution is 7.09. The number of thiazole rings is 1. The summed E-state index contributed by atoms with van der Waals surface area (Å²) in [6, 6.07) is 19.1. The number of hydrogen-bond donors (Lipinski definition) is 0. The monoisotopic (exact) mass is 592 g/mol. The molecule has 0 atom stereocenters. The van der Waals surface area contributed by atoms with E-state index in [1.807, 2.05) is 34.5 Å². The predicted octanol–water partition coefficient (Wildman–Crippen LogP) is 5.65. The molecule has 0 unspecified atom stereocenters.